The molecule has 7 heteroatoms. The van der Waals surface area contributed by atoms with Gasteiger partial charge in [0.05, 0.1) is 10.9 Å². The molecule has 0 atom stereocenters. The Bertz CT molecular complexity index is 503. The van der Waals surface area contributed by atoms with Gasteiger partial charge >= 0.3 is 12.0 Å². The van der Waals surface area contributed by atoms with E-state index >= 15 is 0 Å². The van der Waals surface area contributed by atoms with Gasteiger partial charge in [0.15, 0.2) is 0 Å². The van der Waals surface area contributed by atoms with Crippen LogP contribution in [0.3, 0.4) is 0 Å². The number of carboxylic acids is 1. The first-order valence-electron chi connectivity index (χ1n) is 5.21. The van der Waals surface area contributed by atoms with Gasteiger partial charge in [-0.1, -0.05) is 11.6 Å². The molecule has 0 aliphatic carbocycles. The number of nitrogens with zero attached hydrogens (tertiary/aromatic N) is 1. The molecule has 96 valence electrons. The lowest BCUT2D eigenvalue weighted by atomic mass is 10.0. The fourth-order valence-corrected chi connectivity index (χ4v) is 2.00. The number of carboxylic acid groups (broad SMARTS) is 1. The van der Waals surface area contributed by atoms with Crippen molar-refractivity contribution in [3.63, 3.8) is 0 Å². The summed E-state index contributed by atoms with van der Waals surface area (Å²) in [5, 5.41) is 11.9. The first-order valence-corrected chi connectivity index (χ1v) is 6.38. The van der Waals surface area contributed by atoms with E-state index in [0.29, 0.717) is 10.7 Å². The van der Waals surface area contributed by atoms with Crippen molar-refractivity contribution >= 4 is 45.2 Å². The molecule has 1 aliphatic rings. The van der Waals surface area contributed by atoms with Crippen molar-refractivity contribution in [3.05, 3.63) is 27.7 Å². The number of amides is 2. The molecule has 1 heterocycles. The second-order valence-corrected chi connectivity index (χ2v) is 5.26. The Labute approximate surface area is 117 Å². The number of halogens is 2. The summed E-state index contributed by atoms with van der Waals surface area (Å²) in [6.45, 7) is 0.483. The van der Waals surface area contributed by atoms with E-state index in [1.807, 2.05) is 0 Å². The molecule has 1 aliphatic heterocycles. The molecule has 0 bridgehead atoms. The Kier molecular flexibility index (Phi) is 3.77. The van der Waals surface area contributed by atoms with Crippen LogP contribution in [0.25, 0.3) is 0 Å². The molecule has 5 nitrogen and oxygen atoms in total. The summed E-state index contributed by atoms with van der Waals surface area (Å²) >= 11 is 9.15. The van der Waals surface area contributed by atoms with Crippen LogP contribution in [0, 0.1) is 5.92 Å². The van der Waals surface area contributed by atoms with Crippen LogP contribution in [-0.4, -0.2) is 35.1 Å². The monoisotopic (exact) mass is 332 g/mol. The first kappa shape index (κ1) is 13.2. The highest BCUT2D eigenvalue weighted by atomic mass is 79.9. The topological polar surface area (TPSA) is 69.6 Å². The minimum absolute atomic E-state index is 0.241. The molecule has 2 rings (SSSR count). The number of hydrogen-bond acceptors (Lipinski definition) is 2. The van der Waals surface area contributed by atoms with Crippen molar-refractivity contribution in [2.45, 2.75) is 0 Å². The van der Waals surface area contributed by atoms with Crippen LogP contribution < -0.4 is 5.32 Å². The Morgan fingerprint density at radius 1 is 1.44 bits per heavy atom. The number of rotatable bonds is 2. The molecule has 1 aromatic carbocycles. The van der Waals surface area contributed by atoms with Crippen LogP contribution in [0.1, 0.15) is 0 Å². The maximum atomic E-state index is 11.7. The van der Waals surface area contributed by atoms with E-state index in [-0.39, 0.29) is 19.1 Å². The summed E-state index contributed by atoms with van der Waals surface area (Å²) in [5.74, 6) is -1.32. The number of hydrogen-bond donors (Lipinski definition) is 2. The van der Waals surface area contributed by atoms with Crippen LogP contribution in [0.4, 0.5) is 10.5 Å². The maximum Gasteiger partial charge on any atom is 0.321 e. The fourth-order valence-electron chi connectivity index (χ4n) is 1.58. The summed E-state index contributed by atoms with van der Waals surface area (Å²) in [7, 11) is 0. The second-order valence-electron chi connectivity index (χ2n) is 4.00. The standard InChI is InChI=1S/C11H10BrClN2O3/c12-8-2-1-7(3-9(8)13)14-11(18)15-4-6(5-15)10(16)17/h1-3,6H,4-5H2,(H,14,18)(H,16,17). The van der Waals surface area contributed by atoms with Crippen molar-refractivity contribution in [2.24, 2.45) is 5.92 Å². The van der Waals surface area contributed by atoms with Gasteiger partial charge in [0.2, 0.25) is 0 Å². The van der Waals surface area contributed by atoms with Crippen molar-refractivity contribution in [3.8, 4) is 0 Å². The molecule has 0 aromatic heterocycles. The van der Waals surface area contributed by atoms with Crippen molar-refractivity contribution in [1.29, 1.82) is 0 Å². The maximum absolute atomic E-state index is 11.7. The SMILES string of the molecule is O=C(O)C1CN(C(=O)Nc2ccc(Br)c(Cl)c2)C1. The molecule has 0 radical (unpaired) electrons. The van der Waals surface area contributed by atoms with Gasteiger partial charge in [-0.3, -0.25) is 4.79 Å². The van der Waals surface area contributed by atoms with E-state index in [1.54, 1.807) is 18.2 Å². The number of aliphatic carboxylic acids is 1. The third-order valence-corrected chi connectivity index (χ3v) is 3.92. The molecule has 18 heavy (non-hydrogen) atoms. The zero-order chi connectivity index (χ0) is 13.3. The summed E-state index contributed by atoms with van der Waals surface area (Å²) in [4.78, 5) is 23.8. The third kappa shape index (κ3) is 2.76. The zero-order valence-corrected chi connectivity index (χ0v) is 11.5. The summed E-state index contributed by atoms with van der Waals surface area (Å²) in [6, 6.07) is 4.75. The van der Waals surface area contributed by atoms with Crippen molar-refractivity contribution in [1.82, 2.24) is 4.90 Å². The molecular formula is C11H10BrClN2O3. The zero-order valence-electron chi connectivity index (χ0n) is 9.19. The second kappa shape index (κ2) is 5.16. The van der Waals surface area contributed by atoms with E-state index in [1.165, 1.54) is 4.90 Å². The lowest BCUT2D eigenvalue weighted by Crippen LogP contribution is -2.54. The highest BCUT2D eigenvalue weighted by molar-refractivity contribution is 9.10. The highest BCUT2D eigenvalue weighted by Gasteiger charge is 2.35. The third-order valence-electron chi connectivity index (χ3n) is 2.69. The normalized spacial score (nSPS) is 15.1. The molecule has 0 saturated carbocycles. The van der Waals surface area contributed by atoms with E-state index in [2.05, 4.69) is 21.2 Å². The Morgan fingerprint density at radius 2 is 2.11 bits per heavy atom. The van der Waals surface area contributed by atoms with E-state index in [9.17, 15) is 9.59 Å². The fraction of sp³-hybridized carbons (Fsp3) is 0.273. The molecule has 1 aromatic rings. The van der Waals surface area contributed by atoms with Crippen molar-refractivity contribution in [2.75, 3.05) is 18.4 Å². The number of carbonyl (C=O) groups is 2. The number of likely N-dealkylation sites (tertiary alicyclic amines) is 1. The molecule has 0 spiro atoms. The molecule has 1 fully saturated rings. The Hall–Kier alpha value is -1.27. The van der Waals surface area contributed by atoms with Gasteiger partial charge in [0, 0.05) is 23.2 Å². The summed E-state index contributed by atoms with van der Waals surface area (Å²) in [5.41, 5.74) is 0.576. The lowest BCUT2D eigenvalue weighted by molar-refractivity contribution is -0.145. The summed E-state index contributed by atoms with van der Waals surface area (Å²) < 4.78 is 0.747. The van der Waals surface area contributed by atoms with Crippen LogP contribution in [0.15, 0.2) is 22.7 Å². The molecular weight excluding hydrogens is 323 g/mol. The van der Waals surface area contributed by atoms with Gasteiger partial charge in [0.25, 0.3) is 0 Å². The molecule has 1 saturated heterocycles. The minimum atomic E-state index is -0.870. The van der Waals surface area contributed by atoms with Gasteiger partial charge in [-0.2, -0.15) is 0 Å². The predicted octanol–water partition coefficient (Wildman–Crippen LogP) is 2.65. The highest BCUT2D eigenvalue weighted by Crippen LogP contribution is 2.26. The lowest BCUT2D eigenvalue weighted by Gasteiger charge is -2.36. The van der Waals surface area contributed by atoms with Crippen LogP contribution >= 0.6 is 27.5 Å². The van der Waals surface area contributed by atoms with Crippen LogP contribution in [0.5, 0.6) is 0 Å². The molecule has 0 unspecified atom stereocenters. The first-order chi connectivity index (χ1) is 8.47. The van der Waals surface area contributed by atoms with Gasteiger partial charge in [0.1, 0.15) is 0 Å². The number of nitrogens with one attached hydrogen (secondary N) is 1. The Balaban J connectivity index is 1.92. The average Bonchev–Trinajstić information content (AvgIpc) is 2.20. The predicted molar refractivity (Wildman–Crippen MR) is 70.9 cm³/mol. The summed E-state index contributed by atoms with van der Waals surface area (Å²) in [6.07, 6.45) is 0. The van der Waals surface area contributed by atoms with Crippen molar-refractivity contribution < 1.29 is 14.7 Å². The van der Waals surface area contributed by atoms with Gasteiger partial charge in [-0.05, 0) is 34.1 Å². The van der Waals surface area contributed by atoms with E-state index in [4.69, 9.17) is 16.7 Å². The number of carbonyl (C=O) groups excluding carboxylic acids is 1. The number of urea groups is 1. The van der Waals surface area contributed by atoms with E-state index < -0.39 is 11.9 Å². The number of benzene rings is 1. The van der Waals surface area contributed by atoms with Crippen LogP contribution in [0.2, 0.25) is 5.02 Å². The quantitative estimate of drug-likeness (QED) is 0.874. The van der Waals surface area contributed by atoms with Crippen LogP contribution in [-0.2, 0) is 4.79 Å². The smallest absolute Gasteiger partial charge is 0.321 e. The van der Waals surface area contributed by atoms with Gasteiger partial charge in [-0.25, -0.2) is 4.79 Å². The number of anilines is 1. The van der Waals surface area contributed by atoms with Gasteiger partial charge in [-0.15, -0.1) is 0 Å². The Morgan fingerprint density at radius 3 is 2.67 bits per heavy atom. The largest absolute Gasteiger partial charge is 0.481 e. The molecule has 2 N–H and O–H groups in total. The molecule has 2 amide bonds. The minimum Gasteiger partial charge on any atom is -0.481 e. The average molecular weight is 334 g/mol. The van der Waals surface area contributed by atoms with E-state index in [0.717, 1.165) is 4.47 Å². The van der Waals surface area contributed by atoms with Gasteiger partial charge < -0.3 is 15.3 Å².